The number of methoxy groups -OCH3 is 1. The van der Waals surface area contributed by atoms with Gasteiger partial charge in [0, 0.05) is 6.04 Å². The molecule has 1 aliphatic heterocycles. The SMILES string of the molecule is COc1ccc([C@H](N)C2CCNCC2)cc1Br. The first-order valence-electron chi connectivity index (χ1n) is 6.02. The molecule has 1 aromatic rings. The summed E-state index contributed by atoms with van der Waals surface area (Å²) in [4.78, 5) is 0. The van der Waals surface area contributed by atoms with Gasteiger partial charge < -0.3 is 15.8 Å². The van der Waals surface area contributed by atoms with Gasteiger partial charge in [-0.2, -0.15) is 0 Å². The number of hydrogen-bond acceptors (Lipinski definition) is 3. The summed E-state index contributed by atoms with van der Waals surface area (Å²) in [5, 5.41) is 3.37. The van der Waals surface area contributed by atoms with Crippen LogP contribution in [0.25, 0.3) is 0 Å². The zero-order chi connectivity index (χ0) is 12.3. The van der Waals surface area contributed by atoms with E-state index in [9.17, 15) is 0 Å². The molecule has 0 aliphatic carbocycles. The maximum atomic E-state index is 6.34. The molecule has 3 nitrogen and oxygen atoms in total. The Morgan fingerprint density at radius 2 is 2.12 bits per heavy atom. The minimum Gasteiger partial charge on any atom is -0.496 e. The molecule has 4 heteroatoms. The third kappa shape index (κ3) is 3.00. The fourth-order valence-corrected chi connectivity index (χ4v) is 2.92. The van der Waals surface area contributed by atoms with Crippen molar-refractivity contribution < 1.29 is 4.74 Å². The maximum Gasteiger partial charge on any atom is 0.133 e. The van der Waals surface area contributed by atoms with E-state index in [-0.39, 0.29) is 6.04 Å². The molecule has 94 valence electrons. The molecule has 0 aromatic heterocycles. The van der Waals surface area contributed by atoms with Crippen LogP contribution < -0.4 is 15.8 Å². The van der Waals surface area contributed by atoms with Gasteiger partial charge in [-0.1, -0.05) is 6.07 Å². The molecule has 17 heavy (non-hydrogen) atoms. The fourth-order valence-electron chi connectivity index (χ4n) is 2.37. The molecule has 0 saturated carbocycles. The number of rotatable bonds is 3. The monoisotopic (exact) mass is 298 g/mol. The lowest BCUT2D eigenvalue weighted by molar-refractivity contribution is 0.322. The zero-order valence-corrected chi connectivity index (χ0v) is 11.7. The highest BCUT2D eigenvalue weighted by Gasteiger charge is 2.22. The zero-order valence-electron chi connectivity index (χ0n) is 10.1. The Hall–Kier alpha value is -0.580. The van der Waals surface area contributed by atoms with Crippen molar-refractivity contribution in [2.24, 2.45) is 11.7 Å². The average molecular weight is 299 g/mol. The Kier molecular flexibility index (Phi) is 4.42. The molecular formula is C13H19BrN2O. The summed E-state index contributed by atoms with van der Waals surface area (Å²) in [6, 6.07) is 6.24. The maximum absolute atomic E-state index is 6.34. The molecule has 1 heterocycles. The summed E-state index contributed by atoms with van der Waals surface area (Å²) in [6.07, 6.45) is 2.32. The largest absolute Gasteiger partial charge is 0.496 e. The number of ether oxygens (including phenoxy) is 1. The van der Waals surface area contributed by atoms with Gasteiger partial charge in [0.2, 0.25) is 0 Å². The van der Waals surface area contributed by atoms with Crippen LogP contribution in [0.4, 0.5) is 0 Å². The van der Waals surface area contributed by atoms with Crippen molar-refractivity contribution >= 4 is 15.9 Å². The molecule has 2 rings (SSSR count). The fraction of sp³-hybridized carbons (Fsp3) is 0.538. The normalized spacial score (nSPS) is 19.0. The summed E-state index contributed by atoms with van der Waals surface area (Å²) >= 11 is 3.51. The summed E-state index contributed by atoms with van der Waals surface area (Å²) < 4.78 is 6.20. The van der Waals surface area contributed by atoms with Crippen LogP contribution in [0.15, 0.2) is 22.7 Å². The second-order valence-electron chi connectivity index (χ2n) is 4.51. The third-order valence-electron chi connectivity index (χ3n) is 3.45. The van der Waals surface area contributed by atoms with Crippen molar-refractivity contribution in [1.29, 1.82) is 0 Å². The standard InChI is InChI=1S/C13H19BrN2O/c1-17-12-3-2-10(8-11(12)14)13(15)9-4-6-16-7-5-9/h2-3,8-9,13,16H,4-7,15H2,1H3/t13-/m1/s1. The van der Waals surface area contributed by atoms with E-state index in [4.69, 9.17) is 10.5 Å². The molecule has 1 aromatic carbocycles. The molecule has 3 N–H and O–H groups in total. The molecule has 0 bridgehead atoms. The Balaban J connectivity index is 2.12. The summed E-state index contributed by atoms with van der Waals surface area (Å²) in [6.45, 7) is 2.16. The van der Waals surface area contributed by atoms with Crippen molar-refractivity contribution in [3.05, 3.63) is 28.2 Å². The number of nitrogens with one attached hydrogen (secondary N) is 1. The van der Waals surface area contributed by atoms with Crippen LogP contribution in [0.5, 0.6) is 5.75 Å². The van der Waals surface area contributed by atoms with E-state index in [1.165, 1.54) is 5.56 Å². The van der Waals surface area contributed by atoms with E-state index in [1.807, 2.05) is 6.07 Å². The molecule has 0 spiro atoms. The summed E-state index contributed by atoms with van der Waals surface area (Å²) in [7, 11) is 1.67. The Bertz CT molecular complexity index is 378. The lowest BCUT2D eigenvalue weighted by Gasteiger charge is -2.28. The first-order chi connectivity index (χ1) is 8.22. The van der Waals surface area contributed by atoms with E-state index in [2.05, 4.69) is 33.4 Å². The number of hydrogen-bond donors (Lipinski definition) is 2. The van der Waals surface area contributed by atoms with Gasteiger partial charge in [0.15, 0.2) is 0 Å². The van der Waals surface area contributed by atoms with Gasteiger partial charge in [-0.3, -0.25) is 0 Å². The van der Waals surface area contributed by atoms with Gasteiger partial charge >= 0.3 is 0 Å². The second-order valence-corrected chi connectivity index (χ2v) is 5.36. The highest BCUT2D eigenvalue weighted by atomic mass is 79.9. The van der Waals surface area contributed by atoms with Crippen molar-refractivity contribution in [2.75, 3.05) is 20.2 Å². The number of halogens is 1. The van der Waals surface area contributed by atoms with Crippen LogP contribution in [0, 0.1) is 5.92 Å². The molecule has 0 unspecified atom stereocenters. The number of benzene rings is 1. The van der Waals surface area contributed by atoms with E-state index in [0.717, 1.165) is 36.2 Å². The first kappa shape index (κ1) is 12.9. The average Bonchev–Trinajstić information content (AvgIpc) is 2.39. The number of piperidine rings is 1. The van der Waals surface area contributed by atoms with Crippen LogP contribution in [-0.4, -0.2) is 20.2 Å². The summed E-state index contributed by atoms with van der Waals surface area (Å²) in [5.41, 5.74) is 7.53. The first-order valence-corrected chi connectivity index (χ1v) is 6.81. The molecule has 1 fully saturated rings. The van der Waals surface area contributed by atoms with Crippen molar-refractivity contribution in [3.8, 4) is 5.75 Å². The van der Waals surface area contributed by atoms with Gasteiger partial charge in [0.25, 0.3) is 0 Å². The minimum absolute atomic E-state index is 0.124. The molecule has 1 aliphatic rings. The van der Waals surface area contributed by atoms with Gasteiger partial charge in [0.05, 0.1) is 11.6 Å². The number of nitrogens with two attached hydrogens (primary N) is 1. The van der Waals surface area contributed by atoms with Crippen LogP contribution in [0.2, 0.25) is 0 Å². The quantitative estimate of drug-likeness (QED) is 0.901. The van der Waals surface area contributed by atoms with Crippen molar-refractivity contribution in [3.63, 3.8) is 0 Å². The second kappa shape index (κ2) is 5.85. The predicted octanol–water partition coefficient (Wildman–Crippen LogP) is 2.46. The predicted molar refractivity (Wildman–Crippen MR) is 73.2 cm³/mol. The molecule has 0 radical (unpaired) electrons. The lowest BCUT2D eigenvalue weighted by atomic mass is 9.86. The highest BCUT2D eigenvalue weighted by Crippen LogP contribution is 2.32. The third-order valence-corrected chi connectivity index (χ3v) is 4.07. The van der Waals surface area contributed by atoms with Gasteiger partial charge in [-0.25, -0.2) is 0 Å². The lowest BCUT2D eigenvalue weighted by Crippen LogP contribution is -2.33. The smallest absolute Gasteiger partial charge is 0.133 e. The topological polar surface area (TPSA) is 47.3 Å². The Morgan fingerprint density at radius 3 is 2.71 bits per heavy atom. The van der Waals surface area contributed by atoms with Gasteiger partial charge in [-0.05, 0) is 65.5 Å². The van der Waals surface area contributed by atoms with E-state index < -0.39 is 0 Å². The molecular weight excluding hydrogens is 280 g/mol. The summed E-state index contributed by atoms with van der Waals surface area (Å²) in [5.74, 6) is 1.43. The molecule has 0 amide bonds. The van der Waals surface area contributed by atoms with Gasteiger partial charge in [-0.15, -0.1) is 0 Å². The van der Waals surface area contributed by atoms with Crippen molar-refractivity contribution in [2.45, 2.75) is 18.9 Å². The van der Waals surface area contributed by atoms with Gasteiger partial charge in [0.1, 0.15) is 5.75 Å². The molecule has 1 saturated heterocycles. The van der Waals surface area contributed by atoms with Crippen LogP contribution in [-0.2, 0) is 0 Å². The van der Waals surface area contributed by atoms with Crippen LogP contribution in [0.3, 0.4) is 0 Å². The minimum atomic E-state index is 0.124. The highest BCUT2D eigenvalue weighted by molar-refractivity contribution is 9.10. The van der Waals surface area contributed by atoms with Crippen molar-refractivity contribution in [1.82, 2.24) is 5.32 Å². The van der Waals surface area contributed by atoms with E-state index in [0.29, 0.717) is 5.92 Å². The Morgan fingerprint density at radius 1 is 1.41 bits per heavy atom. The van der Waals surface area contributed by atoms with Crippen LogP contribution >= 0.6 is 15.9 Å². The van der Waals surface area contributed by atoms with E-state index >= 15 is 0 Å². The van der Waals surface area contributed by atoms with E-state index in [1.54, 1.807) is 7.11 Å². The Labute approximate surface area is 111 Å². The van der Waals surface area contributed by atoms with Crippen LogP contribution in [0.1, 0.15) is 24.4 Å². The molecule has 1 atom stereocenters.